The van der Waals surface area contributed by atoms with Gasteiger partial charge < -0.3 is 9.84 Å². The minimum Gasteiger partial charge on any atom is -0.385 e. The van der Waals surface area contributed by atoms with Gasteiger partial charge in [0.2, 0.25) is 0 Å². The van der Waals surface area contributed by atoms with Crippen molar-refractivity contribution >= 4 is 0 Å². The molecule has 1 N–H and O–H groups in total. The number of benzene rings is 1. The summed E-state index contributed by atoms with van der Waals surface area (Å²) in [6.07, 6.45) is 3.68. The summed E-state index contributed by atoms with van der Waals surface area (Å²) in [5.74, 6) is 0.748. The Morgan fingerprint density at radius 2 is 2.05 bits per heavy atom. The van der Waals surface area contributed by atoms with Crippen LogP contribution in [0.15, 0.2) is 24.3 Å². The largest absolute Gasteiger partial charge is 0.385 e. The summed E-state index contributed by atoms with van der Waals surface area (Å²) >= 11 is 0. The fraction of sp³-hybridized carbons (Fsp3) is 0.647. The van der Waals surface area contributed by atoms with E-state index in [1.54, 1.807) is 0 Å². The number of rotatable bonds is 4. The molecule has 2 heteroatoms. The van der Waals surface area contributed by atoms with Crippen LogP contribution < -0.4 is 0 Å². The summed E-state index contributed by atoms with van der Waals surface area (Å²) in [4.78, 5) is 0. The molecule has 1 aromatic rings. The molecule has 0 heterocycles. The second-order valence-corrected chi connectivity index (χ2v) is 6.00. The first-order valence-corrected chi connectivity index (χ1v) is 7.46. The Labute approximate surface area is 116 Å². The van der Waals surface area contributed by atoms with Crippen molar-refractivity contribution < 1.29 is 9.84 Å². The molecular weight excluding hydrogens is 236 g/mol. The highest BCUT2D eigenvalue weighted by Gasteiger charge is 2.42. The molecule has 0 aliphatic heterocycles. The molecule has 19 heavy (non-hydrogen) atoms. The number of hydrogen-bond acceptors (Lipinski definition) is 2. The number of aryl methyl sites for hydroxylation is 1. The Kier molecular flexibility index (Phi) is 4.64. The Hall–Kier alpha value is -0.860. The van der Waals surface area contributed by atoms with E-state index in [-0.39, 0.29) is 5.60 Å². The topological polar surface area (TPSA) is 29.5 Å². The third kappa shape index (κ3) is 3.18. The molecule has 106 valence electrons. The normalized spacial score (nSPS) is 29.2. The fourth-order valence-corrected chi connectivity index (χ4v) is 3.18. The number of aliphatic hydroxyl groups excluding tert-OH is 1. The van der Waals surface area contributed by atoms with Crippen LogP contribution in [0.5, 0.6) is 0 Å². The third-order valence-electron chi connectivity index (χ3n) is 4.41. The molecule has 1 aliphatic rings. The van der Waals surface area contributed by atoms with Gasteiger partial charge in [-0.15, -0.1) is 0 Å². The predicted molar refractivity (Wildman–Crippen MR) is 78.1 cm³/mol. The van der Waals surface area contributed by atoms with Crippen molar-refractivity contribution in [3.63, 3.8) is 0 Å². The van der Waals surface area contributed by atoms with Crippen LogP contribution in [0.4, 0.5) is 0 Å². The van der Waals surface area contributed by atoms with Gasteiger partial charge in [0.1, 0.15) is 6.10 Å². The molecular formula is C17H26O2. The van der Waals surface area contributed by atoms with Crippen molar-refractivity contribution in [2.75, 3.05) is 6.61 Å². The van der Waals surface area contributed by atoms with Gasteiger partial charge in [0.15, 0.2) is 0 Å². The van der Waals surface area contributed by atoms with Gasteiger partial charge in [-0.2, -0.15) is 0 Å². The maximum atomic E-state index is 10.8. The lowest BCUT2D eigenvalue weighted by atomic mass is 9.74. The van der Waals surface area contributed by atoms with Crippen LogP contribution in [-0.2, 0) is 4.74 Å². The minimum atomic E-state index is -0.514. The van der Waals surface area contributed by atoms with E-state index in [0.717, 1.165) is 37.2 Å². The van der Waals surface area contributed by atoms with Crippen molar-refractivity contribution in [1.29, 1.82) is 0 Å². The zero-order valence-corrected chi connectivity index (χ0v) is 12.4. The van der Waals surface area contributed by atoms with E-state index in [1.807, 2.05) is 19.1 Å². The molecule has 1 aliphatic carbocycles. The van der Waals surface area contributed by atoms with Gasteiger partial charge in [0.25, 0.3) is 0 Å². The van der Waals surface area contributed by atoms with Crippen LogP contribution in [0.25, 0.3) is 0 Å². The summed E-state index contributed by atoms with van der Waals surface area (Å²) in [5, 5.41) is 10.8. The molecule has 0 aromatic heterocycles. The van der Waals surface area contributed by atoms with E-state index >= 15 is 0 Å². The van der Waals surface area contributed by atoms with E-state index in [9.17, 15) is 5.11 Å². The molecule has 1 fully saturated rings. The lowest BCUT2D eigenvalue weighted by molar-refractivity contribution is -0.146. The van der Waals surface area contributed by atoms with E-state index in [0.29, 0.717) is 6.61 Å². The van der Waals surface area contributed by atoms with Gasteiger partial charge in [-0.1, -0.05) is 36.8 Å². The fourth-order valence-electron chi connectivity index (χ4n) is 3.18. The Morgan fingerprint density at radius 1 is 1.37 bits per heavy atom. The Balaban J connectivity index is 2.23. The van der Waals surface area contributed by atoms with E-state index < -0.39 is 6.10 Å². The number of ether oxygens (including phenoxy) is 1. The van der Waals surface area contributed by atoms with Crippen molar-refractivity contribution in [2.45, 2.75) is 58.2 Å². The molecule has 0 saturated heterocycles. The molecule has 1 saturated carbocycles. The Bertz CT molecular complexity index is 405. The van der Waals surface area contributed by atoms with Crippen molar-refractivity contribution in [1.82, 2.24) is 0 Å². The predicted octanol–water partition coefficient (Wildman–Crippen LogP) is 4.01. The van der Waals surface area contributed by atoms with Gasteiger partial charge >= 0.3 is 0 Å². The van der Waals surface area contributed by atoms with Crippen molar-refractivity contribution in [3.05, 3.63) is 35.4 Å². The molecule has 0 amide bonds. The van der Waals surface area contributed by atoms with Crippen LogP contribution in [0, 0.1) is 12.8 Å². The van der Waals surface area contributed by atoms with Crippen LogP contribution in [0.3, 0.4) is 0 Å². The molecule has 0 spiro atoms. The van der Waals surface area contributed by atoms with Crippen LogP contribution in [0.2, 0.25) is 0 Å². The Morgan fingerprint density at radius 3 is 2.63 bits per heavy atom. The monoisotopic (exact) mass is 262 g/mol. The molecule has 0 radical (unpaired) electrons. The summed E-state index contributed by atoms with van der Waals surface area (Å²) in [6, 6.07) is 8.16. The second-order valence-electron chi connectivity index (χ2n) is 6.00. The van der Waals surface area contributed by atoms with Gasteiger partial charge in [-0.05, 0) is 51.0 Å². The molecule has 1 unspecified atom stereocenters. The molecule has 2 nitrogen and oxygen atoms in total. The highest BCUT2D eigenvalue weighted by Crippen LogP contribution is 2.43. The number of hydrogen-bond donors (Lipinski definition) is 1. The lowest BCUT2D eigenvalue weighted by Crippen LogP contribution is -2.42. The molecule has 1 atom stereocenters. The summed E-state index contributed by atoms with van der Waals surface area (Å²) in [5.41, 5.74) is 1.80. The second kappa shape index (κ2) is 6.06. The maximum absolute atomic E-state index is 10.8. The molecule has 1 aromatic carbocycles. The van der Waals surface area contributed by atoms with Crippen molar-refractivity contribution in [2.24, 2.45) is 5.92 Å². The van der Waals surface area contributed by atoms with Gasteiger partial charge in [0.05, 0.1) is 5.60 Å². The van der Waals surface area contributed by atoms with E-state index in [2.05, 4.69) is 26.0 Å². The van der Waals surface area contributed by atoms with Crippen LogP contribution >= 0.6 is 0 Å². The van der Waals surface area contributed by atoms with E-state index in [1.165, 1.54) is 5.56 Å². The van der Waals surface area contributed by atoms with Gasteiger partial charge in [0, 0.05) is 6.61 Å². The lowest BCUT2D eigenvalue weighted by Gasteiger charge is -2.42. The standard InChI is InChI=1S/C17H26O2/c1-4-19-17(10-8-13(2)9-11-17)16(18)15-7-5-6-14(3)12-15/h5-7,12-13,16,18H,4,8-11H2,1-3H3. The minimum absolute atomic E-state index is 0.380. The van der Waals surface area contributed by atoms with Crippen molar-refractivity contribution in [3.8, 4) is 0 Å². The van der Waals surface area contributed by atoms with Crippen LogP contribution in [0.1, 0.15) is 56.8 Å². The summed E-state index contributed by atoms with van der Waals surface area (Å²) in [7, 11) is 0. The van der Waals surface area contributed by atoms with Crippen LogP contribution in [-0.4, -0.2) is 17.3 Å². The van der Waals surface area contributed by atoms with E-state index in [4.69, 9.17) is 4.74 Å². The SMILES string of the molecule is CCOC1(C(O)c2cccc(C)c2)CCC(C)CC1. The summed E-state index contributed by atoms with van der Waals surface area (Å²) < 4.78 is 6.02. The maximum Gasteiger partial charge on any atom is 0.108 e. The van der Waals surface area contributed by atoms with Gasteiger partial charge in [-0.25, -0.2) is 0 Å². The zero-order valence-electron chi connectivity index (χ0n) is 12.4. The average Bonchev–Trinajstić information content (AvgIpc) is 2.41. The first kappa shape index (κ1) is 14.5. The summed E-state index contributed by atoms with van der Waals surface area (Å²) in [6.45, 7) is 7.03. The highest BCUT2D eigenvalue weighted by molar-refractivity contribution is 5.26. The first-order chi connectivity index (χ1) is 9.07. The average molecular weight is 262 g/mol. The molecule has 0 bridgehead atoms. The zero-order chi connectivity index (χ0) is 13.9. The molecule has 2 rings (SSSR count). The van der Waals surface area contributed by atoms with Gasteiger partial charge in [-0.3, -0.25) is 0 Å². The smallest absolute Gasteiger partial charge is 0.108 e. The third-order valence-corrected chi connectivity index (χ3v) is 4.41. The highest BCUT2D eigenvalue weighted by atomic mass is 16.5. The quantitative estimate of drug-likeness (QED) is 0.888. The number of aliphatic hydroxyl groups is 1. The first-order valence-electron chi connectivity index (χ1n) is 7.46.